The van der Waals surface area contributed by atoms with Crippen LogP contribution in [0.1, 0.15) is 35.3 Å². The summed E-state index contributed by atoms with van der Waals surface area (Å²) in [7, 11) is 1.54. The van der Waals surface area contributed by atoms with E-state index in [1.165, 1.54) is 13.3 Å². The summed E-state index contributed by atoms with van der Waals surface area (Å²) in [5, 5.41) is 7.69. The lowest BCUT2D eigenvalue weighted by Crippen LogP contribution is -2.48. The van der Waals surface area contributed by atoms with Gasteiger partial charge in [-0.15, -0.1) is 0 Å². The smallest absolute Gasteiger partial charge is 0.262 e. The zero-order valence-electron chi connectivity index (χ0n) is 20.1. The molecule has 2 N–H and O–H groups in total. The fourth-order valence-corrected chi connectivity index (χ4v) is 3.71. The molecule has 188 valence electrons. The van der Waals surface area contributed by atoms with Crippen LogP contribution in [0, 0.1) is 5.92 Å². The highest BCUT2D eigenvalue weighted by Crippen LogP contribution is 2.29. The summed E-state index contributed by atoms with van der Waals surface area (Å²) in [4.78, 5) is 25.3. The van der Waals surface area contributed by atoms with Crippen molar-refractivity contribution in [2.75, 3.05) is 7.11 Å². The first kappa shape index (κ1) is 27.0. The number of nitrogens with zero attached hydrogens (tertiary/aromatic N) is 1. The number of hydrogen-bond donors (Lipinski definition) is 2. The Bertz CT molecular complexity index is 1250. The Balaban J connectivity index is 1.62. The van der Waals surface area contributed by atoms with Crippen molar-refractivity contribution >= 4 is 41.2 Å². The number of carbonyl (C=O) groups excluding carboxylic acids is 2. The van der Waals surface area contributed by atoms with Crippen molar-refractivity contribution in [1.82, 2.24) is 10.7 Å². The first-order valence-electron chi connectivity index (χ1n) is 11.2. The number of nitrogens with one attached hydrogen (secondary N) is 2. The molecule has 3 aromatic carbocycles. The predicted molar refractivity (Wildman–Crippen MR) is 142 cm³/mol. The van der Waals surface area contributed by atoms with E-state index in [1.807, 2.05) is 32.0 Å². The fourth-order valence-electron chi connectivity index (χ4n) is 3.29. The van der Waals surface area contributed by atoms with Crippen LogP contribution >= 0.6 is 23.2 Å². The van der Waals surface area contributed by atoms with Crippen molar-refractivity contribution < 1.29 is 19.1 Å². The molecule has 0 aromatic heterocycles. The zero-order valence-corrected chi connectivity index (χ0v) is 21.6. The first-order chi connectivity index (χ1) is 17.3. The summed E-state index contributed by atoms with van der Waals surface area (Å²) < 4.78 is 11.3. The van der Waals surface area contributed by atoms with Crippen molar-refractivity contribution in [1.29, 1.82) is 0 Å². The molecule has 1 atom stereocenters. The fraction of sp³-hybridized carbons (Fsp3) is 0.222. The van der Waals surface area contributed by atoms with E-state index in [2.05, 4.69) is 15.8 Å². The number of methoxy groups -OCH3 is 1. The second kappa shape index (κ2) is 13.0. The number of carbonyl (C=O) groups is 2. The number of hydrazone groups is 1. The van der Waals surface area contributed by atoms with Crippen molar-refractivity contribution in [3.05, 3.63) is 93.5 Å². The van der Waals surface area contributed by atoms with Crippen LogP contribution in [-0.4, -0.2) is 31.2 Å². The molecule has 0 spiro atoms. The van der Waals surface area contributed by atoms with Crippen LogP contribution in [0.5, 0.6) is 11.5 Å². The summed E-state index contributed by atoms with van der Waals surface area (Å²) in [5.74, 6) is -0.0182. The molecule has 0 heterocycles. The molecule has 0 fully saturated rings. The first-order valence-corrected chi connectivity index (χ1v) is 12.0. The van der Waals surface area contributed by atoms with Crippen LogP contribution in [0.15, 0.2) is 71.8 Å². The number of ether oxygens (including phenoxy) is 2. The van der Waals surface area contributed by atoms with E-state index in [-0.39, 0.29) is 12.5 Å². The second-order valence-electron chi connectivity index (χ2n) is 8.20. The second-order valence-corrected chi connectivity index (χ2v) is 9.01. The highest BCUT2D eigenvalue weighted by molar-refractivity contribution is 6.33. The van der Waals surface area contributed by atoms with Crippen LogP contribution in [0.25, 0.3) is 0 Å². The largest absolute Gasteiger partial charge is 0.493 e. The molecule has 0 aliphatic rings. The van der Waals surface area contributed by atoms with Crippen molar-refractivity contribution in [3.8, 4) is 11.5 Å². The van der Waals surface area contributed by atoms with E-state index in [0.29, 0.717) is 32.7 Å². The lowest BCUT2D eigenvalue weighted by Gasteiger charge is -2.20. The molecule has 2 amide bonds. The van der Waals surface area contributed by atoms with Gasteiger partial charge in [0.15, 0.2) is 11.5 Å². The molecule has 0 saturated heterocycles. The number of amides is 2. The van der Waals surface area contributed by atoms with Crippen LogP contribution < -0.4 is 20.2 Å². The molecule has 36 heavy (non-hydrogen) atoms. The molecule has 1 unspecified atom stereocenters. The highest BCUT2D eigenvalue weighted by atomic mass is 35.5. The van der Waals surface area contributed by atoms with E-state index in [0.717, 1.165) is 5.56 Å². The lowest BCUT2D eigenvalue weighted by molar-refractivity contribution is -0.123. The van der Waals surface area contributed by atoms with Gasteiger partial charge in [0.2, 0.25) is 0 Å². The third-order valence-corrected chi connectivity index (χ3v) is 5.97. The van der Waals surface area contributed by atoms with Gasteiger partial charge in [-0.2, -0.15) is 5.10 Å². The van der Waals surface area contributed by atoms with Gasteiger partial charge in [0.05, 0.1) is 23.9 Å². The van der Waals surface area contributed by atoms with Gasteiger partial charge in [-0.05, 0) is 47.9 Å². The summed E-state index contributed by atoms with van der Waals surface area (Å²) in [6, 6.07) is 18.5. The van der Waals surface area contributed by atoms with Crippen LogP contribution in [0.4, 0.5) is 0 Å². The van der Waals surface area contributed by atoms with Gasteiger partial charge < -0.3 is 14.8 Å². The Morgan fingerprint density at radius 3 is 2.33 bits per heavy atom. The Kier molecular flexibility index (Phi) is 9.73. The van der Waals surface area contributed by atoms with E-state index < -0.39 is 17.9 Å². The molecule has 0 saturated carbocycles. The van der Waals surface area contributed by atoms with E-state index >= 15 is 0 Å². The third kappa shape index (κ3) is 7.23. The topological polar surface area (TPSA) is 89.0 Å². The van der Waals surface area contributed by atoms with Gasteiger partial charge in [0.25, 0.3) is 11.8 Å². The van der Waals surface area contributed by atoms with Gasteiger partial charge in [-0.25, -0.2) is 5.43 Å². The van der Waals surface area contributed by atoms with Gasteiger partial charge in [0.1, 0.15) is 12.6 Å². The number of rotatable bonds is 10. The third-order valence-electron chi connectivity index (χ3n) is 5.27. The molecular formula is C27H27Cl2N3O4. The minimum Gasteiger partial charge on any atom is -0.493 e. The summed E-state index contributed by atoms with van der Waals surface area (Å²) in [6.07, 6.45) is 1.48. The average Bonchev–Trinajstić information content (AvgIpc) is 2.87. The van der Waals surface area contributed by atoms with Crippen molar-refractivity contribution in [2.45, 2.75) is 26.5 Å². The standard InChI is InChI=1S/C27H27Cl2N3O4/c1-17(2)25(31-26(33)20-9-5-7-11-22(20)29)27(34)32-30-15-18-12-13-23(24(14-18)35-3)36-16-19-8-4-6-10-21(19)28/h4-15,17,25H,16H2,1-3H3,(H,31,33)(H,32,34)/b30-15+. The lowest BCUT2D eigenvalue weighted by atomic mass is 10.0. The molecule has 9 heteroatoms. The maximum absolute atomic E-state index is 12.7. The minimum atomic E-state index is -0.805. The minimum absolute atomic E-state index is 0.179. The van der Waals surface area contributed by atoms with Crippen LogP contribution in [0.2, 0.25) is 10.0 Å². The molecule has 3 aromatic rings. The average molecular weight is 528 g/mol. The predicted octanol–water partition coefficient (Wildman–Crippen LogP) is 5.49. The molecule has 0 radical (unpaired) electrons. The monoisotopic (exact) mass is 527 g/mol. The van der Waals surface area contributed by atoms with Crippen molar-refractivity contribution in [2.24, 2.45) is 11.0 Å². The van der Waals surface area contributed by atoms with Gasteiger partial charge in [-0.1, -0.05) is 67.4 Å². The maximum atomic E-state index is 12.7. The van der Waals surface area contributed by atoms with Crippen molar-refractivity contribution in [3.63, 3.8) is 0 Å². The van der Waals surface area contributed by atoms with E-state index in [9.17, 15) is 9.59 Å². The van der Waals surface area contributed by atoms with Gasteiger partial charge in [0, 0.05) is 10.6 Å². The molecular weight excluding hydrogens is 501 g/mol. The number of halogens is 2. The molecule has 0 bridgehead atoms. The van der Waals surface area contributed by atoms with E-state index in [4.69, 9.17) is 32.7 Å². The molecule has 0 aliphatic heterocycles. The Morgan fingerprint density at radius 2 is 1.67 bits per heavy atom. The van der Waals surface area contributed by atoms with Crippen LogP contribution in [-0.2, 0) is 11.4 Å². The normalized spacial score (nSPS) is 11.8. The number of hydrogen-bond acceptors (Lipinski definition) is 5. The SMILES string of the molecule is COc1cc(/C=N/NC(=O)C(NC(=O)c2ccccc2Cl)C(C)C)ccc1OCc1ccccc1Cl. The Morgan fingerprint density at radius 1 is 0.972 bits per heavy atom. The molecule has 7 nitrogen and oxygen atoms in total. The zero-order chi connectivity index (χ0) is 26.1. The quantitative estimate of drug-likeness (QED) is 0.269. The van der Waals surface area contributed by atoms with E-state index in [1.54, 1.807) is 48.5 Å². The Labute approximate surface area is 220 Å². The van der Waals surface area contributed by atoms with Gasteiger partial charge in [-0.3, -0.25) is 9.59 Å². The van der Waals surface area contributed by atoms with Gasteiger partial charge >= 0.3 is 0 Å². The highest BCUT2D eigenvalue weighted by Gasteiger charge is 2.25. The molecule has 3 rings (SSSR count). The Hall–Kier alpha value is -3.55. The maximum Gasteiger partial charge on any atom is 0.262 e. The number of benzene rings is 3. The van der Waals surface area contributed by atoms with Crippen LogP contribution in [0.3, 0.4) is 0 Å². The summed E-state index contributed by atoms with van der Waals surface area (Å²) >= 11 is 12.3. The summed E-state index contributed by atoms with van der Waals surface area (Å²) in [5.41, 5.74) is 4.32. The molecule has 0 aliphatic carbocycles. The summed E-state index contributed by atoms with van der Waals surface area (Å²) in [6.45, 7) is 3.94.